The first-order valence-electron chi connectivity index (χ1n) is 5.36. The second-order valence-electron chi connectivity index (χ2n) is 3.96. The van der Waals surface area contributed by atoms with Crippen LogP contribution in [-0.2, 0) is 6.54 Å². The Hall–Kier alpha value is -1.34. The van der Waals surface area contributed by atoms with Gasteiger partial charge in [0.15, 0.2) is 0 Å². The fraction of sp³-hybridized carbons (Fsp3) is 0.545. The highest BCUT2D eigenvalue weighted by Crippen LogP contribution is 2.38. The van der Waals surface area contributed by atoms with E-state index in [0.29, 0.717) is 25.3 Å². The second-order valence-corrected chi connectivity index (χ2v) is 4.35. The van der Waals surface area contributed by atoms with Gasteiger partial charge in [0.2, 0.25) is 0 Å². The second kappa shape index (κ2) is 4.67. The molecule has 1 aliphatic rings. The van der Waals surface area contributed by atoms with Gasteiger partial charge in [-0.2, -0.15) is 5.26 Å². The molecule has 0 amide bonds. The molecule has 0 atom stereocenters. The molecule has 0 aliphatic heterocycles. The maximum atomic E-state index is 11.7. The lowest BCUT2D eigenvalue weighted by Gasteiger charge is -2.10. The summed E-state index contributed by atoms with van der Waals surface area (Å²) in [6.07, 6.45) is 3.29. The summed E-state index contributed by atoms with van der Waals surface area (Å²) in [5.74, 6) is 1.17. The minimum Gasteiger partial charge on any atom is -0.296 e. The lowest BCUT2D eigenvalue weighted by atomic mass is 10.3. The molecule has 5 heteroatoms. The molecule has 16 heavy (non-hydrogen) atoms. The van der Waals surface area contributed by atoms with Gasteiger partial charge in [0, 0.05) is 24.9 Å². The Bertz CT molecular complexity index is 485. The van der Waals surface area contributed by atoms with Crippen LogP contribution >= 0.6 is 11.6 Å². The van der Waals surface area contributed by atoms with E-state index in [4.69, 9.17) is 16.9 Å². The van der Waals surface area contributed by atoms with Crippen molar-refractivity contribution in [2.24, 2.45) is 0 Å². The van der Waals surface area contributed by atoms with Crippen molar-refractivity contribution in [3.63, 3.8) is 0 Å². The molecular formula is C11H12ClN3O. The van der Waals surface area contributed by atoms with Crippen LogP contribution in [0, 0.1) is 11.3 Å². The highest BCUT2D eigenvalue weighted by atomic mass is 35.5. The molecule has 1 aromatic heterocycles. The number of hydrogen-bond donors (Lipinski definition) is 0. The standard InChI is InChI=1S/C11H12ClN3O/c12-9-7-10(16)15(6-2-1-5-13)11(14-9)8-3-4-8/h7-8H,1-4,6H2. The smallest absolute Gasteiger partial charge is 0.254 e. The molecule has 1 saturated carbocycles. The summed E-state index contributed by atoms with van der Waals surface area (Å²) in [6, 6.07) is 3.40. The van der Waals surface area contributed by atoms with Gasteiger partial charge in [-0.3, -0.25) is 9.36 Å². The zero-order valence-electron chi connectivity index (χ0n) is 8.82. The summed E-state index contributed by atoms with van der Waals surface area (Å²) in [4.78, 5) is 16.0. The van der Waals surface area contributed by atoms with Gasteiger partial charge >= 0.3 is 0 Å². The van der Waals surface area contributed by atoms with E-state index in [1.165, 1.54) is 6.07 Å². The lowest BCUT2D eigenvalue weighted by molar-refractivity contribution is 0.584. The van der Waals surface area contributed by atoms with Gasteiger partial charge in [0.1, 0.15) is 11.0 Å². The fourth-order valence-electron chi connectivity index (χ4n) is 1.69. The van der Waals surface area contributed by atoms with Crippen molar-refractivity contribution in [2.75, 3.05) is 0 Å². The van der Waals surface area contributed by atoms with Gasteiger partial charge in [-0.25, -0.2) is 4.98 Å². The number of halogens is 1. The third kappa shape index (κ3) is 2.42. The van der Waals surface area contributed by atoms with Crippen molar-refractivity contribution in [2.45, 2.75) is 38.1 Å². The summed E-state index contributed by atoms with van der Waals surface area (Å²) in [5.41, 5.74) is -0.111. The molecule has 1 aliphatic carbocycles. The van der Waals surface area contributed by atoms with E-state index < -0.39 is 0 Å². The van der Waals surface area contributed by atoms with E-state index in [0.717, 1.165) is 18.7 Å². The summed E-state index contributed by atoms with van der Waals surface area (Å²) in [7, 11) is 0. The van der Waals surface area contributed by atoms with Crippen LogP contribution in [0.25, 0.3) is 0 Å². The molecule has 0 unspecified atom stereocenters. The molecule has 2 rings (SSSR count). The van der Waals surface area contributed by atoms with Crippen LogP contribution in [0.4, 0.5) is 0 Å². The third-order valence-corrected chi connectivity index (χ3v) is 2.81. The largest absolute Gasteiger partial charge is 0.296 e. The first kappa shape index (κ1) is 11.2. The van der Waals surface area contributed by atoms with E-state index in [2.05, 4.69) is 11.1 Å². The average molecular weight is 238 g/mol. The quantitative estimate of drug-likeness (QED) is 0.595. The number of unbranched alkanes of at least 4 members (excludes halogenated alkanes) is 1. The summed E-state index contributed by atoms with van der Waals surface area (Å²) >= 11 is 5.78. The van der Waals surface area contributed by atoms with Crippen LogP contribution in [-0.4, -0.2) is 9.55 Å². The SMILES string of the molecule is N#CCCCn1c(C2CC2)nc(Cl)cc1=O. The highest BCUT2D eigenvalue weighted by Gasteiger charge is 2.28. The maximum absolute atomic E-state index is 11.7. The number of nitriles is 1. The minimum atomic E-state index is -0.111. The molecular weight excluding hydrogens is 226 g/mol. The molecule has 0 aromatic carbocycles. The van der Waals surface area contributed by atoms with Crippen LogP contribution in [0.3, 0.4) is 0 Å². The molecule has 0 N–H and O–H groups in total. The minimum absolute atomic E-state index is 0.111. The third-order valence-electron chi connectivity index (χ3n) is 2.62. The summed E-state index contributed by atoms with van der Waals surface area (Å²) < 4.78 is 1.65. The van der Waals surface area contributed by atoms with Crippen molar-refractivity contribution < 1.29 is 0 Å². The molecule has 1 aromatic rings. The molecule has 84 valence electrons. The Morgan fingerprint density at radius 3 is 3.00 bits per heavy atom. The first-order valence-corrected chi connectivity index (χ1v) is 5.74. The van der Waals surface area contributed by atoms with Crippen LogP contribution in [0.2, 0.25) is 5.15 Å². The Morgan fingerprint density at radius 1 is 1.62 bits per heavy atom. The molecule has 4 nitrogen and oxygen atoms in total. The van der Waals surface area contributed by atoms with E-state index in [-0.39, 0.29) is 10.7 Å². The molecule has 0 bridgehead atoms. The van der Waals surface area contributed by atoms with Crippen LogP contribution in [0.5, 0.6) is 0 Å². The fourth-order valence-corrected chi connectivity index (χ4v) is 1.87. The van der Waals surface area contributed by atoms with E-state index in [9.17, 15) is 4.79 Å². The molecule has 0 spiro atoms. The molecule has 0 saturated heterocycles. The van der Waals surface area contributed by atoms with Crippen LogP contribution in [0.15, 0.2) is 10.9 Å². The monoisotopic (exact) mass is 237 g/mol. The average Bonchev–Trinajstić information content (AvgIpc) is 3.04. The van der Waals surface area contributed by atoms with Crippen LogP contribution in [0.1, 0.15) is 37.4 Å². The molecule has 1 heterocycles. The Balaban J connectivity index is 2.27. The predicted octanol–water partition coefficient (Wildman–Crippen LogP) is 2.08. The van der Waals surface area contributed by atoms with Crippen molar-refractivity contribution in [3.05, 3.63) is 27.4 Å². The van der Waals surface area contributed by atoms with Crippen molar-refractivity contribution in [1.82, 2.24) is 9.55 Å². The van der Waals surface area contributed by atoms with Gasteiger partial charge in [-0.15, -0.1) is 0 Å². The van der Waals surface area contributed by atoms with Gasteiger partial charge in [0.25, 0.3) is 5.56 Å². The molecule has 0 radical (unpaired) electrons. The summed E-state index contributed by atoms with van der Waals surface area (Å²) in [6.45, 7) is 0.558. The van der Waals surface area contributed by atoms with Crippen molar-refractivity contribution in [1.29, 1.82) is 5.26 Å². The zero-order valence-corrected chi connectivity index (χ0v) is 9.57. The lowest BCUT2D eigenvalue weighted by Crippen LogP contribution is -2.24. The normalized spacial score (nSPS) is 14.8. The zero-order chi connectivity index (χ0) is 11.5. The van der Waals surface area contributed by atoms with E-state index >= 15 is 0 Å². The summed E-state index contributed by atoms with van der Waals surface area (Å²) in [5, 5.41) is 8.74. The Labute approximate surface area is 98.5 Å². The van der Waals surface area contributed by atoms with Gasteiger partial charge < -0.3 is 0 Å². The first-order chi connectivity index (χ1) is 7.72. The Kier molecular flexibility index (Phi) is 3.25. The van der Waals surface area contributed by atoms with Gasteiger partial charge in [-0.05, 0) is 19.3 Å². The highest BCUT2D eigenvalue weighted by molar-refractivity contribution is 6.29. The maximum Gasteiger partial charge on any atom is 0.254 e. The number of nitrogens with zero attached hydrogens (tertiary/aromatic N) is 3. The van der Waals surface area contributed by atoms with Crippen molar-refractivity contribution >= 4 is 11.6 Å². The van der Waals surface area contributed by atoms with Gasteiger partial charge in [-0.1, -0.05) is 11.6 Å². The van der Waals surface area contributed by atoms with E-state index in [1.54, 1.807) is 4.57 Å². The number of rotatable bonds is 4. The van der Waals surface area contributed by atoms with Gasteiger partial charge in [0.05, 0.1) is 6.07 Å². The van der Waals surface area contributed by atoms with Crippen LogP contribution < -0.4 is 5.56 Å². The topological polar surface area (TPSA) is 58.7 Å². The number of aromatic nitrogens is 2. The Morgan fingerprint density at radius 2 is 2.38 bits per heavy atom. The van der Waals surface area contributed by atoms with E-state index in [1.807, 2.05) is 0 Å². The molecule has 1 fully saturated rings. The number of hydrogen-bond acceptors (Lipinski definition) is 3. The van der Waals surface area contributed by atoms with Crippen molar-refractivity contribution in [3.8, 4) is 6.07 Å². The predicted molar refractivity (Wildman–Crippen MR) is 60.3 cm³/mol.